The van der Waals surface area contributed by atoms with Gasteiger partial charge in [-0.2, -0.15) is 0 Å². The van der Waals surface area contributed by atoms with Gasteiger partial charge in [0.25, 0.3) is 0 Å². The van der Waals surface area contributed by atoms with E-state index in [9.17, 15) is 4.57 Å². The molecule has 0 spiro atoms. The van der Waals surface area contributed by atoms with E-state index in [4.69, 9.17) is 10.2 Å². The van der Waals surface area contributed by atoms with Crippen LogP contribution in [0.5, 0.6) is 11.5 Å². The zero-order valence-electron chi connectivity index (χ0n) is 11.9. The molecule has 3 aromatic rings. The smallest absolute Gasteiger partial charge is 0.192 e. The van der Waals surface area contributed by atoms with Gasteiger partial charge in [-0.3, -0.25) is 4.57 Å². The Balaban J connectivity index is 0.000000166. The van der Waals surface area contributed by atoms with Gasteiger partial charge in [0.05, 0.1) is 0 Å². The number of hydrogen-bond acceptors (Lipinski definition) is 3. The monoisotopic (exact) mass is 312 g/mol. The van der Waals surface area contributed by atoms with Crippen LogP contribution in [0, 0.1) is 0 Å². The summed E-state index contributed by atoms with van der Waals surface area (Å²) in [5.41, 5.74) is 0. The van der Waals surface area contributed by atoms with Crippen LogP contribution in [-0.4, -0.2) is 10.2 Å². The fraction of sp³-hybridized carbons (Fsp3) is 0. The van der Waals surface area contributed by atoms with Crippen molar-refractivity contribution in [2.45, 2.75) is 0 Å². The maximum Gasteiger partial charge on any atom is 0.192 e. The van der Waals surface area contributed by atoms with Crippen LogP contribution in [0.2, 0.25) is 0 Å². The van der Waals surface area contributed by atoms with Gasteiger partial charge < -0.3 is 10.2 Å². The summed E-state index contributed by atoms with van der Waals surface area (Å²) in [6.07, 6.45) is 0. The Morgan fingerprint density at radius 3 is 1.05 bits per heavy atom. The highest BCUT2D eigenvalue weighted by Crippen LogP contribution is 2.03. The lowest BCUT2D eigenvalue weighted by atomic mass is 10.3. The van der Waals surface area contributed by atoms with Crippen LogP contribution in [0.15, 0.2) is 91.0 Å². The molecular formula is C18H17O3P. The van der Waals surface area contributed by atoms with Crippen molar-refractivity contribution in [3.05, 3.63) is 91.0 Å². The number of para-hydroxylation sites is 2. The zero-order chi connectivity index (χ0) is 16.0. The Hall–Kier alpha value is -2.64. The van der Waals surface area contributed by atoms with Crippen molar-refractivity contribution in [1.82, 2.24) is 0 Å². The molecule has 0 fully saturated rings. The summed E-state index contributed by atoms with van der Waals surface area (Å²) in [5.74, 6) is 0.644. The van der Waals surface area contributed by atoms with Gasteiger partial charge >= 0.3 is 0 Å². The molecule has 0 atom stereocenters. The van der Waals surface area contributed by atoms with Gasteiger partial charge in [-0.25, -0.2) is 0 Å². The third-order valence-corrected chi connectivity index (χ3v) is 2.88. The third kappa shape index (κ3) is 8.51. The first kappa shape index (κ1) is 17.4. The van der Waals surface area contributed by atoms with E-state index in [0.717, 1.165) is 5.30 Å². The van der Waals surface area contributed by atoms with Crippen molar-refractivity contribution < 1.29 is 14.8 Å². The molecule has 0 saturated heterocycles. The van der Waals surface area contributed by atoms with Gasteiger partial charge in [-0.1, -0.05) is 54.6 Å². The number of phenols is 2. The Kier molecular flexibility index (Phi) is 8.76. The fourth-order valence-electron chi connectivity index (χ4n) is 1.34. The maximum absolute atomic E-state index is 10.1. The molecule has 0 amide bonds. The molecule has 3 rings (SSSR count). The van der Waals surface area contributed by atoms with Crippen molar-refractivity contribution >= 4 is 13.8 Å². The lowest BCUT2D eigenvalue weighted by Gasteiger charge is -1.82. The maximum atomic E-state index is 10.1. The topological polar surface area (TPSA) is 57.5 Å². The predicted octanol–water partition coefficient (Wildman–Crippen LogP) is 4.39. The highest BCUT2D eigenvalue weighted by Gasteiger charge is 1.81. The Morgan fingerprint density at radius 1 is 0.545 bits per heavy atom. The standard InChI is InChI=1S/C6H5OP.2C6H6O/c7-8-6-4-2-1-3-5-6;2*7-6-4-2-1-3-5-6/h1-5H;2*1-5,7H. The first-order valence-electron chi connectivity index (χ1n) is 6.59. The van der Waals surface area contributed by atoms with Crippen LogP contribution in [0.4, 0.5) is 0 Å². The first-order chi connectivity index (χ1) is 10.7. The van der Waals surface area contributed by atoms with Gasteiger partial charge in [0.15, 0.2) is 8.46 Å². The lowest BCUT2D eigenvalue weighted by Crippen LogP contribution is -1.84. The molecule has 0 heterocycles. The van der Waals surface area contributed by atoms with E-state index in [-0.39, 0.29) is 8.46 Å². The minimum Gasteiger partial charge on any atom is -0.508 e. The molecular weight excluding hydrogens is 295 g/mol. The third-order valence-electron chi connectivity index (χ3n) is 2.37. The van der Waals surface area contributed by atoms with Gasteiger partial charge in [0.1, 0.15) is 11.5 Å². The quantitative estimate of drug-likeness (QED) is 0.655. The molecule has 112 valence electrons. The molecule has 3 nitrogen and oxygen atoms in total. The summed E-state index contributed by atoms with van der Waals surface area (Å²) in [5, 5.41) is 18.1. The summed E-state index contributed by atoms with van der Waals surface area (Å²) in [6, 6.07) is 26.7. The van der Waals surface area contributed by atoms with Crippen LogP contribution < -0.4 is 5.30 Å². The second-order valence-electron chi connectivity index (χ2n) is 4.10. The second-order valence-corrected chi connectivity index (χ2v) is 4.80. The van der Waals surface area contributed by atoms with E-state index in [0.29, 0.717) is 11.5 Å². The highest BCUT2D eigenvalue weighted by molar-refractivity contribution is 7.34. The van der Waals surface area contributed by atoms with Crippen LogP contribution in [0.25, 0.3) is 0 Å². The van der Waals surface area contributed by atoms with Gasteiger partial charge in [-0.05, 0) is 36.4 Å². The van der Waals surface area contributed by atoms with Crippen molar-refractivity contribution in [3.63, 3.8) is 0 Å². The zero-order valence-corrected chi connectivity index (χ0v) is 12.8. The van der Waals surface area contributed by atoms with Gasteiger partial charge in [0.2, 0.25) is 0 Å². The Bertz CT molecular complexity index is 591. The highest BCUT2D eigenvalue weighted by atomic mass is 31.1. The fourth-order valence-corrected chi connectivity index (χ4v) is 1.64. The van der Waals surface area contributed by atoms with Crippen LogP contribution in [-0.2, 0) is 4.57 Å². The molecule has 0 radical (unpaired) electrons. The average Bonchev–Trinajstić information content (AvgIpc) is 2.58. The molecule has 0 bridgehead atoms. The molecule has 0 aromatic heterocycles. The summed E-state index contributed by atoms with van der Waals surface area (Å²) in [6.45, 7) is 0. The van der Waals surface area contributed by atoms with E-state index in [1.165, 1.54) is 0 Å². The van der Waals surface area contributed by atoms with Crippen molar-refractivity contribution in [3.8, 4) is 11.5 Å². The Morgan fingerprint density at radius 2 is 0.864 bits per heavy atom. The molecule has 0 saturated carbocycles. The van der Waals surface area contributed by atoms with Gasteiger partial charge in [0, 0.05) is 5.30 Å². The number of hydrogen-bond donors (Lipinski definition) is 2. The number of benzene rings is 3. The lowest BCUT2D eigenvalue weighted by molar-refractivity contribution is 0.475. The van der Waals surface area contributed by atoms with Crippen molar-refractivity contribution in [2.75, 3.05) is 0 Å². The molecule has 2 N–H and O–H groups in total. The number of aromatic hydroxyl groups is 2. The average molecular weight is 312 g/mol. The minimum atomic E-state index is 0.0994. The van der Waals surface area contributed by atoms with Crippen LogP contribution in [0.3, 0.4) is 0 Å². The van der Waals surface area contributed by atoms with E-state index < -0.39 is 0 Å². The predicted molar refractivity (Wildman–Crippen MR) is 89.9 cm³/mol. The van der Waals surface area contributed by atoms with E-state index in [1.807, 2.05) is 42.5 Å². The van der Waals surface area contributed by atoms with E-state index in [1.54, 1.807) is 48.5 Å². The van der Waals surface area contributed by atoms with Crippen LogP contribution >= 0.6 is 8.46 Å². The molecule has 0 aliphatic heterocycles. The summed E-state index contributed by atoms with van der Waals surface area (Å²) in [4.78, 5) is 0. The Labute approximate surface area is 131 Å². The molecule has 4 heteroatoms. The molecule has 0 unspecified atom stereocenters. The minimum absolute atomic E-state index is 0.0994. The summed E-state index contributed by atoms with van der Waals surface area (Å²) < 4.78 is 10.1. The largest absolute Gasteiger partial charge is 0.508 e. The molecule has 3 aromatic carbocycles. The molecule has 0 aliphatic carbocycles. The van der Waals surface area contributed by atoms with E-state index >= 15 is 0 Å². The van der Waals surface area contributed by atoms with Crippen molar-refractivity contribution in [2.24, 2.45) is 0 Å². The number of rotatable bonds is 1. The normalized spacial score (nSPS) is 8.91. The molecule has 22 heavy (non-hydrogen) atoms. The molecule has 0 aliphatic rings. The SMILES string of the molecule is O=Pc1ccccc1.Oc1ccccc1.Oc1ccccc1. The van der Waals surface area contributed by atoms with Crippen LogP contribution in [0.1, 0.15) is 0 Å². The first-order valence-corrected chi connectivity index (χ1v) is 7.40. The summed E-state index contributed by atoms with van der Waals surface area (Å²) >= 11 is 0. The second kappa shape index (κ2) is 11.1. The number of phenolic OH excluding ortho intramolecular Hbond substituents is 2. The summed E-state index contributed by atoms with van der Waals surface area (Å²) in [7, 11) is 0.0994. The van der Waals surface area contributed by atoms with Gasteiger partial charge in [-0.15, -0.1) is 0 Å². The van der Waals surface area contributed by atoms with E-state index in [2.05, 4.69) is 0 Å². The van der Waals surface area contributed by atoms with Crippen molar-refractivity contribution in [1.29, 1.82) is 0 Å².